The third kappa shape index (κ3) is 4.23. The van der Waals surface area contributed by atoms with E-state index in [9.17, 15) is 4.79 Å². The molecule has 3 N–H and O–H groups in total. The molecule has 1 aliphatic rings. The number of carbonyl (C=O) groups is 1. The van der Waals surface area contributed by atoms with E-state index in [0.717, 1.165) is 17.1 Å². The first-order valence-electron chi connectivity index (χ1n) is 9.73. The topological polar surface area (TPSA) is 91.5 Å². The van der Waals surface area contributed by atoms with E-state index >= 15 is 0 Å². The molecule has 0 saturated carbocycles. The van der Waals surface area contributed by atoms with Gasteiger partial charge < -0.3 is 30.0 Å². The van der Waals surface area contributed by atoms with Crippen molar-refractivity contribution in [2.24, 2.45) is 0 Å². The van der Waals surface area contributed by atoms with Crippen LogP contribution in [0.15, 0.2) is 60.9 Å². The summed E-state index contributed by atoms with van der Waals surface area (Å²) in [6.45, 7) is -0.0517. The normalized spacial score (nSPS) is 18.0. The number of aromatic nitrogens is 2. The molecule has 1 aromatic carbocycles. The van der Waals surface area contributed by atoms with E-state index in [1.807, 2.05) is 53.6 Å². The Hall–Kier alpha value is -3.43. The first-order valence-corrected chi connectivity index (χ1v) is 10.1. The highest BCUT2D eigenvalue weighted by Crippen LogP contribution is 2.42. The van der Waals surface area contributed by atoms with E-state index in [1.54, 1.807) is 19.4 Å². The number of nitrogens with one attached hydrogen (secondary N) is 3. The SMILES string of the molecule is COCC(=O)Nc1cc(N2C(=S)N[C@@H](c3ccccn3)[C@@H]2c2ccc[nH]2)ccc1OC. The minimum absolute atomic E-state index is 0.0517. The maximum absolute atomic E-state index is 12.1. The van der Waals surface area contributed by atoms with Gasteiger partial charge in [0.05, 0.1) is 24.5 Å². The molecule has 1 amide bonds. The summed E-state index contributed by atoms with van der Waals surface area (Å²) in [7, 11) is 3.03. The molecule has 0 bridgehead atoms. The Labute approximate surface area is 185 Å². The molecule has 8 nitrogen and oxygen atoms in total. The van der Waals surface area contributed by atoms with Crippen LogP contribution in [0.25, 0.3) is 0 Å². The van der Waals surface area contributed by atoms with Gasteiger partial charge in [-0.3, -0.25) is 9.78 Å². The zero-order valence-corrected chi connectivity index (χ0v) is 18.0. The molecule has 2 aromatic heterocycles. The van der Waals surface area contributed by atoms with Crippen molar-refractivity contribution in [1.82, 2.24) is 15.3 Å². The van der Waals surface area contributed by atoms with Crippen LogP contribution >= 0.6 is 12.2 Å². The number of ether oxygens (including phenoxy) is 2. The smallest absolute Gasteiger partial charge is 0.250 e. The average molecular weight is 438 g/mol. The first-order chi connectivity index (χ1) is 15.1. The van der Waals surface area contributed by atoms with E-state index < -0.39 is 0 Å². The molecule has 2 atom stereocenters. The molecule has 0 unspecified atom stereocenters. The van der Waals surface area contributed by atoms with Crippen molar-refractivity contribution in [1.29, 1.82) is 0 Å². The maximum Gasteiger partial charge on any atom is 0.250 e. The summed E-state index contributed by atoms with van der Waals surface area (Å²) in [4.78, 5) is 22.0. The van der Waals surface area contributed by atoms with Crippen molar-refractivity contribution >= 4 is 34.6 Å². The molecular weight excluding hydrogens is 414 g/mol. The summed E-state index contributed by atoms with van der Waals surface area (Å²) in [6.07, 6.45) is 3.65. The van der Waals surface area contributed by atoms with Crippen LogP contribution in [0, 0.1) is 0 Å². The van der Waals surface area contributed by atoms with Gasteiger partial charge in [-0.25, -0.2) is 0 Å². The Bertz CT molecular complexity index is 1060. The molecule has 9 heteroatoms. The minimum Gasteiger partial charge on any atom is -0.495 e. The summed E-state index contributed by atoms with van der Waals surface area (Å²) in [5, 5.41) is 6.80. The summed E-state index contributed by atoms with van der Waals surface area (Å²) < 4.78 is 10.3. The van der Waals surface area contributed by atoms with Crippen LogP contribution in [-0.2, 0) is 9.53 Å². The van der Waals surface area contributed by atoms with Crippen molar-refractivity contribution in [2.45, 2.75) is 12.1 Å². The predicted molar refractivity (Wildman–Crippen MR) is 122 cm³/mol. The van der Waals surface area contributed by atoms with Crippen LogP contribution in [0.3, 0.4) is 0 Å². The largest absolute Gasteiger partial charge is 0.495 e. The zero-order valence-electron chi connectivity index (χ0n) is 17.2. The number of H-pyrrole nitrogens is 1. The fourth-order valence-electron chi connectivity index (χ4n) is 3.74. The lowest BCUT2D eigenvalue weighted by Gasteiger charge is -2.27. The van der Waals surface area contributed by atoms with Crippen molar-refractivity contribution in [2.75, 3.05) is 31.0 Å². The Kier molecular flexibility index (Phi) is 6.15. The molecule has 0 spiro atoms. The number of pyridine rings is 1. The van der Waals surface area contributed by atoms with E-state index in [2.05, 4.69) is 20.6 Å². The number of aromatic amines is 1. The molecule has 3 aromatic rings. The predicted octanol–water partition coefficient (Wildman–Crippen LogP) is 3.18. The van der Waals surface area contributed by atoms with Crippen LogP contribution in [-0.4, -0.2) is 41.8 Å². The summed E-state index contributed by atoms with van der Waals surface area (Å²) in [5.41, 5.74) is 3.22. The zero-order chi connectivity index (χ0) is 21.8. The van der Waals surface area contributed by atoms with Gasteiger partial charge in [-0.05, 0) is 54.7 Å². The van der Waals surface area contributed by atoms with Gasteiger partial charge in [0.2, 0.25) is 5.91 Å². The fraction of sp³-hybridized carbons (Fsp3) is 0.227. The fourth-order valence-corrected chi connectivity index (χ4v) is 4.08. The van der Waals surface area contributed by atoms with Gasteiger partial charge >= 0.3 is 0 Å². The van der Waals surface area contributed by atoms with Gasteiger partial charge in [0.15, 0.2) is 5.11 Å². The monoisotopic (exact) mass is 437 g/mol. The molecule has 160 valence electrons. The van der Waals surface area contributed by atoms with Crippen molar-refractivity contribution < 1.29 is 14.3 Å². The van der Waals surface area contributed by atoms with Gasteiger partial charge in [0.25, 0.3) is 0 Å². The Balaban J connectivity index is 1.75. The van der Waals surface area contributed by atoms with Crippen molar-refractivity contribution in [3.05, 3.63) is 72.3 Å². The molecule has 3 heterocycles. The molecule has 1 saturated heterocycles. The van der Waals surface area contributed by atoms with Crippen molar-refractivity contribution in [3.63, 3.8) is 0 Å². The number of methoxy groups -OCH3 is 2. The van der Waals surface area contributed by atoms with Gasteiger partial charge in [-0.2, -0.15) is 0 Å². The van der Waals surface area contributed by atoms with Crippen LogP contribution in [0.5, 0.6) is 5.75 Å². The second kappa shape index (κ2) is 9.15. The summed E-state index contributed by atoms with van der Waals surface area (Å²) in [6, 6.07) is 15.0. The summed E-state index contributed by atoms with van der Waals surface area (Å²) >= 11 is 5.72. The van der Waals surface area contributed by atoms with Crippen LogP contribution < -0.4 is 20.3 Å². The van der Waals surface area contributed by atoms with Gasteiger partial charge in [0.1, 0.15) is 18.4 Å². The molecule has 1 aliphatic heterocycles. The van der Waals surface area contributed by atoms with E-state index in [1.165, 1.54) is 7.11 Å². The van der Waals surface area contributed by atoms with Crippen LogP contribution in [0.1, 0.15) is 23.5 Å². The first kappa shape index (κ1) is 20.8. The third-order valence-electron chi connectivity index (χ3n) is 5.05. The number of thiocarbonyl (C=S) groups is 1. The third-order valence-corrected chi connectivity index (χ3v) is 5.36. The van der Waals surface area contributed by atoms with Crippen LogP contribution in [0.4, 0.5) is 11.4 Å². The molecule has 0 radical (unpaired) electrons. The summed E-state index contributed by atoms with van der Waals surface area (Å²) in [5.74, 6) is 0.274. The number of carbonyl (C=O) groups excluding carboxylic acids is 1. The molecular formula is C22H23N5O3S. The van der Waals surface area contributed by atoms with E-state index in [-0.39, 0.29) is 24.6 Å². The number of amides is 1. The number of anilines is 2. The highest BCUT2D eigenvalue weighted by Gasteiger charge is 2.41. The number of hydrogen-bond acceptors (Lipinski definition) is 5. The Morgan fingerprint density at radius 1 is 1.23 bits per heavy atom. The number of rotatable bonds is 7. The Morgan fingerprint density at radius 3 is 2.77 bits per heavy atom. The number of hydrogen-bond donors (Lipinski definition) is 3. The number of nitrogens with zero attached hydrogens (tertiary/aromatic N) is 2. The van der Waals surface area contributed by atoms with Crippen molar-refractivity contribution in [3.8, 4) is 5.75 Å². The van der Waals surface area contributed by atoms with Gasteiger partial charge in [0, 0.05) is 30.9 Å². The highest BCUT2D eigenvalue weighted by molar-refractivity contribution is 7.80. The van der Waals surface area contributed by atoms with Crippen LogP contribution in [0.2, 0.25) is 0 Å². The number of benzene rings is 1. The molecule has 1 fully saturated rings. The second-order valence-electron chi connectivity index (χ2n) is 6.99. The van der Waals surface area contributed by atoms with E-state index in [4.69, 9.17) is 21.7 Å². The van der Waals surface area contributed by atoms with Gasteiger partial charge in [-0.15, -0.1) is 0 Å². The highest BCUT2D eigenvalue weighted by atomic mass is 32.1. The standard InChI is InChI=1S/C22H23N5O3S/c1-29-13-19(28)25-17-12-14(8-9-18(17)30-2)27-21(16-7-5-11-24-16)20(26-22(27)31)15-6-3-4-10-23-15/h3-12,20-21,24H,13H2,1-2H3,(H,25,28)(H,26,31)/t20-,21-/m0/s1. The van der Waals surface area contributed by atoms with E-state index in [0.29, 0.717) is 16.5 Å². The second-order valence-corrected chi connectivity index (χ2v) is 7.37. The minimum atomic E-state index is -0.271. The lowest BCUT2D eigenvalue weighted by atomic mass is 10.0. The van der Waals surface area contributed by atoms with Gasteiger partial charge in [-0.1, -0.05) is 6.07 Å². The lowest BCUT2D eigenvalue weighted by Crippen LogP contribution is -2.29. The quantitative estimate of drug-likeness (QED) is 0.489. The molecule has 0 aliphatic carbocycles. The maximum atomic E-state index is 12.1. The molecule has 4 rings (SSSR count). The average Bonchev–Trinajstić information content (AvgIpc) is 3.42. The Morgan fingerprint density at radius 2 is 2.10 bits per heavy atom. The molecule has 31 heavy (non-hydrogen) atoms. The lowest BCUT2D eigenvalue weighted by molar-refractivity contribution is -0.119.